The van der Waals surface area contributed by atoms with Gasteiger partial charge in [-0.3, -0.25) is 4.90 Å². The minimum Gasteiger partial charge on any atom is -0.393 e. The lowest BCUT2D eigenvalue weighted by Gasteiger charge is -2.16. The topological polar surface area (TPSA) is 23.5 Å². The number of rotatable bonds is 3. The molecule has 0 aliphatic carbocycles. The van der Waals surface area contributed by atoms with Crippen molar-refractivity contribution in [3.8, 4) is 0 Å². The van der Waals surface area contributed by atoms with E-state index < -0.39 is 0 Å². The molecule has 1 fully saturated rings. The number of aliphatic hydroxyl groups excluding tert-OH is 1. The van der Waals surface area contributed by atoms with Gasteiger partial charge in [0.25, 0.3) is 0 Å². The second kappa shape index (κ2) is 4.43. The highest BCUT2D eigenvalue weighted by molar-refractivity contribution is 7.07. The molecule has 0 amide bonds. The molecule has 1 aliphatic rings. The molecule has 0 spiro atoms. The molecule has 14 heavy (non-hydrogen) atoms. The van der Waals surface area contributed by atoms with E-state index in [0.29, 0.717) is 5.92 Å². The van der Waals surface area contributed by atoms with E-state index in [-0.39, 0.29) is 6.10 Å². The molecule has 1 saturated heterocycles. The van der Waals surface area contributed by atoms with Crippen LogP contribution in [-0.4, -0.2) is 29.2 Å². The van der Waals surface area contributed by atoms with Crippen LogP contribution in [0.4, 0.5) is 0 Å². The Hall–Kier alpha value is -0.380. The Morgan fingerprint density at radius 2 is 2.57 bits per heavy atom. The van der Waals surface area contributed by atoms with Gasteiger partial charge in [-0.15, -0.1) is 0 Å². The quantitative estimate of drug-likeness (QED) is 0.826. The smallest absolute Gasteiger partial charge is 0.0552 e. The average Bonchev–Trinajstić information content (AvgIpc) is 2.75. The van der Waals surface area contributed by atoms with Crippen LogP contribution in [0.1, 0.15) is 18.9 Å². The number of thiophene rings is 1. The molecule has 1 aliphatic heterocycles. The highest BCUT2D eigenvalue weighted by Gasteiger charge is 2.25. The van der Waals surface area contributed by atoms with Gasteiger partial charge in [-0.25, -0.2) is 0 Å². The van der Waals surface area contributed by atoms with Crippen LogP contribution >= 0.6 is 11.3 Å². The molecule has 1 aromatic heterocycles. The fourth-order valence-electron chi connectivity index (χ4n) is 2.04. The van der Waals surface area contributed by atoms with E-state index in [9.17, 15) is 5.11 Å². The Balaban J connectivity index is 1.84. The van der Waals surface area contributed by atoms with Crippen LogP contribution in [0.5, 0.6) is 0 Å². The Kier molecular flexibility index (Phi) is 3.21. The molecular weight excluding hydrogens is 194 g/mol. The van der Waals surface area contributed by atoms with Crippen LogP contribution in [0.15, 0.2) is 16.8 Å². The molecule has 0 bridgehead atoms. The normalized spacial score (nSPS) is 25.4. The van der Waals surface area contributed by atoms with Crippen molar-refractivity contribution in [2.24, 2.45) is 5.92 Å². The van der Waals surface area contributed by atoms with Crippen LogP contribution in [0.25, 0.3) is 0 Å². The van der Waals surface area contributed by atoms with Gasteiger partial charge < -0.3 is 5.11 Å². The van der Waals surface area contributed by atoms with Crippen LogP contribution in [0, 0.1) is 5.92 Å². The Bertz CT molecular complexity index is 271. The monoisotopic (exact) mass is 211 g/mol. The van der Waals surface area contributed by atoms with E-state index in [1.165, 1.54) is 5.56 Å². The Labute approximate surface area is 89.2 Å². The summed E-state index contributed by atoms with van der Waals surface area (Å²) in [5.74, 6) is 0.480. The second-order valence-electron chi connectivity index (χ2n) is 4.16. The number of likely N-dealkylation sites (tertiary alicyclic amines) is 1. The maximum atomic E-state index is 9.47. The zero-order valence-corrected chi connectivity index (χ0v) is 9.33. The number of hydrogen-bond donors (Lipinski definition) is 1. The third-order valence-electron chi connectivity index (χ3n) is 2.98. The first kappa shape index (κ1) is 10.1. The molecule has 2 nitrogen and oxygen atoms in total. The summed E-state index contributed by atoms with van der Waals surface area (Å²) in [5, 5.41) is 13.8. The molecule has 2 heterocycles. The Morgan fingerprint density at radius 1 is 1.71 bits per heavy atom. The predicted octanol–water partition coefficient (Wildman–Crippen LogP) is 1.95. The summed E-state index contributed by atoms with van der Waals surface area (Å²) in [4.78, 5) is 2.43. The zero-order valence-electron chi connectivity index (χ0n) is 8.52. The lowest BCUT2D eigenvalue weighted by Crippen LogP contribution is -2.23. The third kappa shape index (κ3) is 2.35. The summed E-state index contributed by atoms with van der Waals surface area (Å²) in [6.45, 7) is 5.13. The maximum absolute atomic E-state index is 9.47. The fraction of sp³-hybridized carbons (Fsp3) is 0.636. The van der Waals surface area contributed by atoms with Gasteiger partial charge in [0.2, 0.25) is 0 Å². The van der Waals surface area contributed by atoms with Crippen molar-refractivity contribution in [1.29, 1.82) is 0 Å². The molecule has 3 heteroatoms. The fourth-order valence-corrected chi connectivity index (χ4v) is 2.70. The summed E-state index contributed by atoms with van der Waals surface area (Å²) >= 11 is 1.75. The average molecular weight is 211 g/mol. The number of nitrogens with zero attached hydrogens (tertiary/aromatic N) is 1. The number of hydrogen-bond acceptors (Lipinski definition) is 3. The van der Waals surface area contributed by atoms with Gasteiger partial charge in [0.1, 0.15) is 0 Å². The summed E-state index contributed by atoms with van der Waals surface area (Å²) < 4.78 is 0. The van der Waals surface area contributed by atoms with Crippen molar-refractivity contribution >= 4 is 11.3 Å². The van der Waals surface area contributed by atoms with E-state index >= 15 is 0 Å². The first-order valence-electron chi connectivity index (χ1n) is 5.17. The van der Waals surface area contributed by atoms with Crippen molar-refractivity contribution in [3.63, 3.8) is 0 Å². The summed E-state index contributed by atoms with van der Waals surface area (Å²) in [6, 6.07) is 2.18. The van der Waals surface area contributed by atoms with E-state index in [2.05, 4.69) is 21.7 Å². The van der Waals surface area contributed by atoms with Gasteiger partial charge in [-0.05, 0) is 48.2 Å². The van der Waals surface area contributed by atoms with Gasteiger partial charge in [0.05, 0.1) is 6.10 Å². The lowest BCUT2D eigenvalue weighted by atomic mass is 10.0. The number of aliphatic hydroxyl groups is 1. The molecule has 78 valence electrons. The molecule has 2 unspecified atom stereocenters. The van der Waals surface area contributed by atoms with E-state index in [1.807, 2.05) is 6.92 Å². The minimum absolute atomic E-state index is 0.150. The van der Waals surface area contributed by atoms with E-state index in [0.717, 1.165) is 26.1 Å². The van der Waals surface area contributed by atoms with Crippen LogP contribution < -0.4 is 0 Å². The molecule has 0 radical (unpaired) electrons. The van der Waals surface area contributed by atoms with Crippen LogP contribution in [0.3, 0.4) is 0 Å². The van der Waals surface area contributed by atoms with E-state index in [4.69, 9.17) is 0 Å². The van der Waals surface area contributed by atoms with Crippen molar-refractivity contribution in [3.05, 3.63) is 22.4 Å². The van der Waals surface area contributed by atoms with Crippen molar-refractivity contribution in [2.75, 3.05) is 13.1 Å². The highest BCUT2D eigenvalue weighted by atomic mass is 32.1. The Morgan fingerprint density at radius 3 is 3.14 bits per heavy atom. The summed E-state index contributed by atoms with van der Waals surface area (Å²) in [7, 11) is 0. The molecule has 2 rings (SSSR count). The third-order valence-corrected chi connectivity index (χ3v) is 3.71. The first-order valence-corrected chi connectivity index (χ1v) is 6.11. The second-order valence-corrected chi connectivity index (χ2v) is 4.94. The molecule has 0 saturated carbocycles. The van der Waals surface area contributed by atoms with Gasteiger partial charge in [0.15, 0.2) is 0 Å². The van der Waals surface area contributed by atoms with E-state index in [1.54, 1.807) is 11.3 Å². The summed E-state index contributed by atoms with van der Waals surface area (Å²) in [6.07, 6.45) is 0.990. The standard InChI is InChI=1S/C11H17NOS/c1-9(13)11-2-4-12(7-11)6-10-3-5-14-8-10/h3,5,8-9,11,13H,2,4,6-7H2,1H3. The van der Waals surface area contributed by atoms with Gasteiger partial charge in [-0.2, -0.15) is 11.3 Å². The van der Waals surface area contributed by atoms with Crippen molar-refractivity contribution in [2.45, 2.75) is 26.0 Å². The summed E-state index contributed by atoms with van der Waals surface area (Å²) in [5.41, 5.74) is 1.40. The van der Waals surface area contributed by atoms with Gasteiger partial charge in [0, 0.05) is 13.1 Å². The van der Waals surface area contributed by atoms with Crippen LogP contribution in [0.2, 0.25) is 0 Å². The van der Waals surface area contributed by atoms with Gasteiger partial charge >= 0.3 is 0 Å². The first-order chi connectivity index (χ1) is 6.75. The largest absolute Gasteiger partial charge is 0.393 e. The minimum atomic E-state index is -0.150. The maximum Gasteiger partial charge on any atom is 0.0552 e. The van der Waals surface area contributed by atoms with Gasteiger partial charge in [-0.1, -0.05) is 0 Å². The molecule has 1 aromatic rings. The molecule has 2 atom stereocenters. The molecular formula is C11H17NOS. The van der Waals surface area contributed by atoms with Crippen molar-refractivity contribution < 1.29 is 5.11 Å². The van der Waals surface area contributed by atoms with Crippen LogP contribution in [-0.2, 0) is 6.54 Å². The predicted molar refractivity (Wildman–Crippen MR) is 59.4 cm³/mol. The molecule has 1 N–H and O–H groups in total. The van der Waals surface area contributed by atoms with Crippen molar-refractivity contribution in [1.82, 2.24) is 4.90 Å². The lowest BCUT2D eigenvalue weighted by molar-refractivity contribution is 0.127. The molecule has 0 aromatic carbocycles. The highest BCUT2D eigenvalue weighted by Crippen LogP contribution is 2.21. The zero-order chi connectivity index (χ0) is 9.97. The SMILES string of the molecule is CC(O)C1CCN(Cc2ccsc2)C1.